The van der Waals surface area contributed by atoms with Crippen LogP contribution in [0.2, 0.25) is 0 Å². The van der Waals surface area contributed by atoms with Gasteiger partial charge in [-0.1, -0.05) is 22.6 Å². The maximum atomic E-state index is 13.7. The van der Waals surface area contributed by atoms with E-state index in [0.29, 0.717) is 38.0 Å². The number of phenolic OH excluding ortho intramolecular Hbond substituents is 2. The van der Waals surface area contributed by atoms with Crippen LogP contribution in [0.5, 0.6) is 11.5 Å². The fraction of sp³-hybridized carbons (Fsp3) is 0.452. The molecule has 244 valence electrons. The number of unbranched alkanes of at least 4 members (excludes halogenated alkanes) is 1. The summed E-state index contributed by atoms with van der Waals surface area (Å²) in [6, 6.07) is 4.72. The van der Waals surface area contributed by atoms with Crippen LogP contribution in [-0.4, -0.2) is 81.9 Å². The number of carbonyl (C=O) groups is 5. The zero-order valence-corrected chi connectivity index (χ0v) is 27.9. The highest BCUT2D eigenvalue weighted by Gasteiger charge is 2.38. The monoisotopic (exact) mass is 737 g/mol. The van der Waals surface area contributed by atoms with Crippen LogP contribution in [0.15, 0.2) is 24.3 Å². The number of alkyl halides is 1. The Balaban J connectivity index is 1.71. The third-order valence-corrected chi connectivity index (χ3v) is 7.26. The summed E-state index contributed by atoms with van der Waals surface area (Å²) in [7, 11) is 0. The summed E-state index contributed by atoms with van der Waals surface area (Å²) >= 11 is 2.16. The molecule has 1 atom stereocenters. The Kier molecular flexibility index (Phi) is 12.4. The highest BCUT2D eigenvalue weighted by atomic mass is 127. The number of amides is 3. The molecule has 3 amide bonds. The summed E-state index contributed by atoms with van der Waals surface area (Å²) < 4.78 is 6.04. The third kappa shape index (κ3) is 9.45. The molecule has 0 bridgehead atoms. The number of benzene rings is 2. The molecule has 3 rings (SSSR count). The average Bonchev–Trinajstić information content (AvgIpc) is 2.95. The van der Waals surface area contributed by atoms with Gasteiger partial charge in [0.15, 0.2) is 0 Å². The van der Waals surface area contributed by atoms with Crippen LogP contribution in [0.1, 0.15) is 78.8 Å². The molecule has 0 saturated heterocycles. The van der Waals surface area contributed by atoms with Gasteiger partial charge in [-0.15, -0.1) is 0 Å². The van der Waals surface area contributed by atoms with Crippen LogP contribution in [0.3, 0.4) is 0 Å². The van der Waals surface area contributed by atoms with Crippen molar-refractivity contribution in [1.82, 2.24) is 16.0 Å². The molecule has 45 heavy (non-hydrogen) atoms. The number of ketones is 2. The minimum Gasteiger partial charge on any atom is -0.507 e. The standard InChI is InChI=1S/C31H40IN5O8/c1-17(38)33-13-6-5-7-20(37-30(44)45-31(2,3)4)29(43)36-16-15-35-19-9-11-22(40)26-24(19)28(42)25-21(39)10-8-18(34-14-12-32)23(25)27(26)41/h8-11,20,34-35,39-40H,5-7,12-16H2,1-4H3,(H,33,38)(H,36,43)(H,37,44). The van der Waals surface area contributed by atoms with Gasteiger partial charge in [0.1, 0.15) is 23.1 Å². The SMILES string of the molecule is CC(=O)NCCCCC(NC(=O)OC(C)(C)C)C(=O)NCCNc1ccc(O)c2c1C(=O)c1c(O)ccc(NCCI)c1C2=O. The second kappa shape index (κ2) is 15.8. The van der Waals surface area contributed by atoms with E-state index in [9.17, 15) is 34.2 Å². The molecule has 1 aliphatic carbocycles. The Labute approximate surface area is 275 Å². The molecule has 0 aromatic heterocycles. The molecule has 1 unspecified atom stereocenters. The average molecular weight is 738 g/mol. The number of halogens is 1. The van der Waals surface area contributed by atoms with Crippen molar-refractivity contribution in [3.05, 3.63) is 46.5 Å². The number of carbonyl (C=O) groups excluding carboxylic acids is 5. The van der Waals surface area contributed by atoms with Gasteiger partial charge in [0.05, 0.1) is 22.3 Å². The van der Waals surface area contributed by atoms with E-state index in [1.807, 2.05) is 0 Å². The fourth-order valence-electron chi connectivity index (χ4n) is 4.80. The first-order valence-electron chi connectivity index (χ1n) is 14.6. The van der Waals surface area contributed by atoms with Gasteiger partial charge in [-0.2, -0.15) is 0 Å². The van der Waals surface area contributed by atoms with E-state index in [1.165, 1.54) is 31.2 Å². The van der Waals surface area contributed by atoms with Crippen LogP contribution < -0.4 is 26.6 Å². The van der Waals surface area contributed by atoms with Gasteiger partial charge in [0, 0.05) is 48.9 Å². The smallest absolute Gasteiger partial charge is 0.408 e. The maximum Gasteiger partial charge on any atom is 0.408 e. The molecule has 0 aliphatic heterocycles. The molecule has 0 saturated carbocycles. The maximum absolute atomic E-state index is 13.7. The van der Waals surface area contributed by atoms with Crippen LogP contribution in [0, 0.1) is 0 Å². The third-order valence-electron chi connectivity index (χ3n) is 6.73. The molecule has 0 heterocycles. The van der Waals surface area contributed by atoms with Gasteiger partial charge in [-0.3, -0.25) is 19.2 Å². The predicted molar refractivity (Wildman–Crippen MR) is 178 cm³/mol. The Bertz CT molecular complexity index is 1460. The zero-order valence-electron chi connectivity index (χ0n) is 25.8. The fourth-order valence-corrected chi connectivity index (χ4v) is 5.07. The topological polar surface area (TPSA) is 195 Å². The summed E-state index contributed by atoms with van der Waals surface area (Å²) in [5.41, 5.74) is -0.539. The van der Waals surface area contributed by atoms with E-state index in [1.54, 1.807) is 20.8 Å². The lowest BCUT2D eigenvalue weighted by Gasteiger charge is -2.25. The number of fused-ring (bicyclic) bond motifs is 2. The second-order valence-corrected chi connectivity index (χ2v) is 12.5. The van der Waals surface area contributed by atoms with E-state index in [4.69, 9.17) is 4.74 Å². The van der Waals surface area contributed by atoms with Crippen LogP contribution in [0.4, 0.5) is 16.2 Å². The predicted octanol–water partition coefficient (Wildman–Crippen LogP) is 3.45. The normalized spacial score (nSPS) is 12.8. The van der Waals surface area contributed by atoms with E-state index in [2.05, 4.69) is 49.2 Å². The molecule has 0 spiro atoms. The number of ether oxygens (including phenoxy) is 1. The lowest BCUT2D eigenvalue weighted by molar-refractivity contribution is -0.123. The zero-order chi connectivity index (χ0) is 33.3. The van der Waals surface area contributed by atoms with E-state index in [0.717, 1.165) is 4.43 Å². The van der Waals surface area contributed by atoms with E-state index in [-0.39, 0.29) is 58.4 Å². The molecule has 0 radical (unpaired) electrons. The van der Waals surface area contributed by atoms with Crippen molar-refractivity contribution in [2.24, 2.45) is 0 Å². The van der Waals surface area contributed by atoms with Crippen molar-refractivity contribution in [3.63, 3.8) is 0 Å². The van der Waals surface area contributed by atoms with Crippen LogP contribution in [-0.2, 0) is 14.3 Å². The number of phenols is 2. The molecule has 2 aromatic carbocycles. The van der Waals surface area contributed by atoms with Crippen molar-refractivity contribution in [2.75, 3.05) is 41.2 Å². The molecule has 2 aromatic rings. The number of hydrogen-bond donors (Lipinski definition) is 7. The number of rotatable bonds is 14. The largest absolute Gasteiger partial charge is 0.507 e. The number of alkyl carbamates (subject to hydrolysis) is 1. The van der Waals surface area contributed by atoms with E-state index < -0.39 is 35.2 Å². The molecule has 0 fully saturated rings. The number of nitrogens with one attached hydrogen (secondary N) is 5. The van der Waals surface area contributed by atoms with Gasteiger partial charge in [0.25, 0.3) is 0 Å². The van der Waals surface area contributed by atoms with Crippen LogP contribution >= 0.6 is 22.6 Å². The second-order valence-electron chi connectivity index (χ2n) is 11.4. The molecule has 7 N–H and O–H groups in total. The van der Waals surface area contributed by atoms with Crippen molar-refractivity contribution in [2.45, 2.75) is 58.6 Å². The van der Waals surface area contributed by atoms with Crippen molar-refractivity contribution in [3.8, 4) is 11.5 Å². The van der Waals surface area contributed by atoms with Gasteiger partial charge < -0.3 is 41.5 Å². The Morgan fingerprint density at radius 1 is 0.800 bits per heavy atom. The summed E-state index contributed by atoms with van der Waals surface area (Å²) in [4.78, 5) is 63.8. The van der Waals surface area contributed by atoms with Gasteiger partial charge in [-0.25, -0.2) is 4.79 Å². The molecule has 14 heteroatoms. The van der Waals surface area contributed by atoms with Crippen molar-refractivity contribution < 1.29 is 38.9 Å². The van der Waals surface area contributed by atoms with Gasteiger partial charge >= 0.3 is 6.09 Å². The van der Waals surface area contributed by atoms with Gasteiger partial charge in [0.2, 0.25) is 23.4 Å². The Hall–Kier alpha value is -4.08. The first-order chi connectivity index (χ1) is 21.2. The number of anilines is 2. The number of aromatic hydroxyl groups is 2. The first kappa shape index (κ1) is 35.4. The minimum absolute atomic E-state index is 0.00216. The summed E-state index contributed by atoms with van der Waals surface area (Å²) in [5, 5.41) is 35.3. The molecular weight excluding hydrogens is 697 g/mol. The highest BCUT2D eigenvalue weighted by molar-refractivity contribution is 14.1. The Morgan fingerprint density at radius 3 is 1.87 bits per heavy atom. The van der Waals surface area contributed by atoms with Crippen LogP contribution in [0.25, 0.3) is 0 Å². The van der Waals surface area contributed by atoms with E-state index >= 15 is 0 Å². The first-order valence-corrected chi connectivity index (χ1v) is 16.1. The lowest BCUT2D eigenvalue weighted by atomic mass is 9.81. The molecular formula is C31H40IN5O8. The quantitative estimate of drug-likeness (QED) is 0.0558. The van der Waals surface area contributed by atoms with Crippen molar-refractivity contribution >= 4 is 63.4 Å². The summed E-state index contributed by atoms with van der Waals surface area (Å²) in [6.07, 6.45) is 0.718. The van der Waals surface area contributed by atoms with Gasteiger partial charge in [-0.05, 0) is 64.3 Å². The highest BCUT2D eigenvalue weighted by Crippen LogP contribution is 2.42. The molecule has 13 nitrogen and oxygen atoms in total. The summed E-state index contributed by atoms with van der Waals surface area (Å²) in [6.45, 7) is 7.73. The van der Waals surface area contributed by atoms with Crippen molar-refractivity contribution in [1.29, 1.82) is 0 Å². The minimum atomic E-state index is -0.896. The lowest BCUT2D eigenvalue weighted by Crippen LogP contribution is -2.49. The molecule has 1 aliphatic rings. The Morgan fingerprint density at radius 2 is 1.36 bits per heavy atom. The summed E-state index contributed by atoms with van der Waals surface area (Å²) in [5.74, 6) is -2.55. The number of hydrogen-bond acceptors (Lipinski definition) is 10.